The summed E-state index contributed by atoms with van der Waals surface area (Å²) in [5.74, 6) is 0.906. The van der Waals surface area contributed by atoms with E-state index in [2.05, 4.69) is 54.3 Å². The molecule has 0 radical (unpaired) electrons. The fraction of sp³-hybridized carbons (Fsp3) is 0.500. The summed E-state index contributed by atoms with van der Waals surface area (Å²) in [6, 6.07) is 10.0. The molecule has 0 amide bonds. The van der Waals surface area contributed by atoms with Gasteiger partial charge in [-0.2, -0.15) is 4.68 Å². The van der Waals surface area contributed by atoms with Crippen molar-refractivity contribution < 1.29 is 0 Å². The Morgan fingerprint density at radius 3 is 2.45 bits per heavy atom. The molecule has 108 valence electrons. The number of alkyl halides is 2. The minimum atomic E-state index is 0.149. The van der Waals surface area contributed by atoms with E-state index in [1.807, 2.05) is 35.0 Å². The van der Waals surface area contributed by atoms with Gasteiger partial charge in [0.25, 0.3) is 0 Å². The van der Waals surface area contributed by atoms with Gasteiger partial charge in [0.2, 0.25) is 0 Å². The van der Waals surface area contributed by atoms with Crippen molar-refractivity contribution in [3.63, 3.8) is 0 Å². The van der Waals surface area contributed by atoms with Crippen molar-refractivity contribution in [1.82, 2.24) is 20.2 Å². The predicted molar refractivity (Wildman–Crippen MR) is 87.8 cm³/mol. The average molecular weight is 402 g/mol. The Bertz CT molecular complexity index is 523. The molecule has 0 spiro atoms. The van der Waals surface area contributed by atoms with Gasteiger partial charge in [-0.15, -0.1) is 5.10 Å². The van der Waals surface area contributed by atoms with Gasteiger partial charge in [0.15, 0.2) is 5.82 Å². The number of rotatable bonds is 7. The summed E-state index contributed by atoms with van der Waals surface area (Å²) in [5, 5.41) is 14.0. The molecule has 1 aromatic carbocycles. The van der Waals surface area contributed by atoms with Crippen LogP contribution in [0.15, 0.2) is 30.3 Å². The quantitative estimate of drug-likeness (QED) is 0.663. The van der Waals surface area contributed by atoms with Crippen molar-refractivity contribution in [2.75, 3.05) is 10.7 Å². The third-order valence-electron chi connectivity index (χ3n) is 3.42. The molecule has 1 heterocycles. The number of nitrogens with zero attached hydrogens (tertiary/aromatic N) is 4. The third-order valence-corrected chi connectivity index (χ3v) is 5.79. The summed E-state index contributed by atoms with van der Waals surface area (Å²) < 4.78 is 1.83. The van der Waals surface area contributed by atoms with E-state index in [-0.39, 0.29) is 5.41 Å². The highest BCUT2D eigenvalue weighted by atomic mass is 79.9. The van der Waals surface area contributed by atoms with Gasteiger partial charge in [0.05, 0.1) is 5.69 Å². The SMILES string of the molecule is CCCC(CBr)(CBr)Cc1nnnn1-c1ccccc1. The summed E-state index contributed by atoms with van der Waals surface area (Å²) in [5.41, 5.74) is 1.15. The molecule has 20 heavy (non-hydrogen) atoms. The number of hydrogen-bond donors (Lipinski definition) is 0. The highest BCUT2D eigenvalue weighted by Crippen LogP contribution is 2.32. The number of aromatic nitrogens is 4. The van der Waals surface area contributed by atoms with Crippen LogP contribution in [0.4, 0.5) is 0 Å². The molecule has 6 heteroatoms. The Morgan fingerprint density at radius 1 is 1.15 bits per heavy atom. The molecule has 4 nitrogen and oxygen atoms in total. The predicted octanol–water partition coefficient (Wildman–Crippen LogP) is 3.78. The first kappa shape index (κ1) is 15.6. The van der Waals surface area contributed by atoms with Crippen LogP contribution < -0.4 is 0 Å². The van der Waals surface area contributed by atoms with Crippen LogP contribution >= 0.6 is 31.9 Å². The van der Waals surface area contributed by atoms with Gasteiger partial charge in [-0.3, -0.25) is 0 Å². The molecule has 2 aromatic rings. The van der Waals surface area contributed by atoms with E-state index in [0.717, 1.165) is 41.4 Å². The highest BCUT2D eigenvalue weighted by Gasteiger charge is 2.30. The average Bonchev–Trinajstić information content (AvgIpc) is 2.95. The molecule has 0 saturated carbocycles. The van der Waals surface area contributed by atoms with Crippen molar-refractivity contribution >= 4 is 31.9 Å². The Morgan fingerprint density at radius 2 is 1.85 bits per heavy atom. The van der Waals surface area contributed by atoms with E-state index in [0.29, 0.717) is 0 Å². The second kappa shape index (κ2) is 7.31. The molecule has 0 saturated heterocycles. The Balaban J connectivity index is 2.28. The lowest BCUT2D eigenvalue weighted by atomic mass is 9.84. The molecule has 1 aromatic heterocycles. The molecular weight excluding hydrogens is 384 g/mol. The van der Waals surface area contributed by atoms with Crippen molar-refractivity contribution in [2.24, 2.45) is 5.41 Å². The summed E-state index contributed by atoms with van der Waals surface area (Å²) in [7, 11) is 0. The molecule has 0 unspecified atom stereocenters. The van der Waals surface area contributed by atoms with E-state index in [9.17, 15) is 0 Å². The van der Waals surface area contributed by atoms with Crippen LogP contribution in [0.1, 0.15) is 25.6 Å². The van der Waals surface area contributed by atoms with Gasteiger partial charge in [-0.1, -0.05) is 63.4 Å². The van der Waals surface area contributed by atoms with Crippen molar-refractivity contribution in [3.05, 3.63) is 36.2 Å². The normalized spacial score (nSPS) is 11.8. The van der Waals surface area contributed by atoms with Crippen molar-refractivity contribution in [2.45, 2.75) is 26.2 Å². The van der Waals surface area contributed by atoms with Crippen LogP contribution in [0.2, 0.25) is 0 Å². The molecule has 0 bridgehead atoms. The summed E-state index contributed by atoms with van der Waals surface area (Å²) in [6.07, 6.45) is 3.12. The number of halogens is 2. The molecule has 0 fully saturated rings. The number of hydrogen-bond acceptors (Lipinski definition) is 3. The lowest BCUT2D eigenvalue weighted by molar-refractivity contribution is 0.341. The van der Waals surface area contributed by atoms with Gasteiger partial charge in [-0.05, 0) is 34.4 Å². The van der Waals surface area contributed by atoms with Crippen LogP contribution in [0, 0.1) is 5.41 Å². The second-order valence-corrected chi connectivity index (χ2v) is 6.16. The van der Waals surface area contributed by atoms with Gasteiger partial charge in [0, 0.05) is 17.1 Å². The second-order valence-electron chi connectivity index (χ2n) is 5.04. The highest BCUT2D eigenvalue weighted by molar-refractivity contribution is 9.09. The molecule has 0 aliphatic carbocycles. The smallest absolute Gasteiger partial charge is 0.157 e. The van der Waals surface area contributed by atoms with Gasteiger partial charge in [-0.25, -0.2) is 0 Å². The fourth-order valence-electron chi connectivity index (χ4n) is 2.30. The zero-order valence-electron chi connectivity index (χ0n) is 11.5. The van der Waals surface area contributed by atoms with E-state index < -0.39 is 0 Å². The van der Waals surface area contributed by atoms with Crippen molar-refractivity contribution in [3.8, 4) is 5.69 Å². The Hall–Kier alpha value is -0.750. The standard InChI is InChI=1S/C14H18Br2N4/c1-2-8-14(10-15,11-16)9-13-17-18-19-20(13)12-6-4-3-5-7-12/h3-7H,2,8-11H2,1H3. The Labute approximate surface area is 136 Å². The molecular formula is C14H18Br2N4. The van der Waals surface area contributed by atoms with Gasteiger partial charge in [0.1, 0.15) is 0 Å². The summed E-state index contributed by atoms with van der Waals surface area (Å²) in [6.45, 7) is 2.21. The number of tetrazole rings is 1. The first-order chi connectivity index (χ1) is 9.74. The lowest BCUT2D eigenvalue weighted by Crippen LogP contribution is -2.29. The zero-order valence-corrected chi connectivity index (χ0v) is 14.6. The van der Waals surface area contributed by atoms with Crippen LogP contribution in [0.25, 0.3) is 5.69 Å². The largest absolute Gasteiger partial charge is 0.197 e. The van der Waals surface area contributed by atoms with Gasteiger partial charge < -0.3 is 0 Å². The number of benzene rings is 1. The molecule has 2 rings (SSSR count). The van der Waals surface area contributed by atoms with Gasteiger partial charge >= 0.3 is 0 Å². The minimum Gasteiger partial charge on any atom is -0.197 e. The lowest BCUT2D eigenvalue weighted by Gasteiger charge is -2.28. The van der Waals surface area contributed by atoms with Crippen LogP contribution in [-0.4, -0.2) is 30.9 Å². The zero-order chi connectivity index (χ0) is 14.4. The molecule has 0 aliphatic heterocycles. The minimum absolute atomic E-state index is 0.149. The van der Waals surface area contributed by atoms with Crippen LogP contribution in [0.5, 0.6) is 0 Å². The first-order valence-electron chi connectivity index (χ1n) is 6.69. The molecule has 0 N–H and O–H groups in total. The van der Waals surface area contributed by atoms with E-state index in [1.54, 1.807) is 0 Å². The summed E-state index contributed by atoms with van der Waals surface area (Å²) in [4.78, 5) is 0. The van der Waals surface area contributed by atoms with Crippen molar-refractivity contribution in [1.29, 1.82) is 0 Å². The first-order valence-corrected chi connectivity index (χ1v) is 8.93. The fourth-order valence-corrected chi connectivity index (χ4v) is 4.19. The molecule has 0 aliphatic rings. The molecule has 0 atom stereocenters. The maximum Gasteiger partial charge on any atom is 0.157 e. The Kier molecular flexibility index (Phi) is 5.72. The summed E-state index contributed by atoms with van der Waals surface area (Å²) >= 11 is 7.31. The monoisotopic (exact) mass is 400 g/mol. The van der Waals surface area contributed by atoms with Crippen LogP contribution in [-0.2, 0) is 6.42 Å². The maximum atomic E-state index is 4.22. The maximum absolute atomic E-state index is 4.22. The van der Waals surface area contributed by atoms with Crippen LogP contribution in [0.3, 0.4) is 0 Å². The number of para-hydroxylation sites is 1. The third kappa shape index (κ3) is 3.47. The van der Waals surface area contributed by atoms with E-state index >= 15 is 0 Å². The topological polar surface area (TPSA) is 43.6 Å². The van der Waals surface area contributed by atoms with E-state index in [1.165, 1.54) is 0 Å². The van der Waals surface area contributed by atoms with E-state index in [4.69, 9.17) is 0 Å².